The monoisotopic (exact) mass is 399 g/mol. The maximum absolute atomic E-state index is 5.65. The second kappa shape index (κ2) is 9.52. The van der Waals surface area contributed by atoms with Crippen LogP contribution in [-0.4, -0.2) is 50.9 Å². The molecule has 1 aromatic heterocycles. The van der Waals surface area contributed by atoms with Crippen LogP contribution in [0.15, 0.2) is 30.5 Å². The minimum absolute atomic E-state index is 0.599. The number of hydrogen-bond donors (Lipinski definition) is 1. The fourth-order valence-electron chi connectivity index (χ4n) is 3.64. The van der Waals surface area contributed by atoms with E-state index in [1.165, 1.54) is 16.8 Å². The quantitative estimate of drug-likeness (QED) is 0.735. The Hall–Kier alpha value is -1.92. The standard InChI is InChI=1S/C22H33N5S/c1-5-17(3)19-7-9-21(10-8-19)24-22(28)26-13-11-25(12-14-26)16-20-15-23-27(6-2)18(20)4/h7-10,15,17H,5-6,11-14,16H2,1-4H3,(H,24,28)/t17-/m1/s1. The van der Waals surface area contributed by atoms with Crippen LogP contribution in [0.4, 0.5) is 5.69 Å². The van der Waals surface area contributed by atoms with Crippen molar-refractivity contribution in [1.29, 1.82) is 0 Å². The third-order valence-corrected chi connectivity index (χ3v) is 6.26. The van der Waals surface area contributed by atoms with Gasteiger partial charge in [-0.15, -0.1) is 0 Å². The number of hydrogen-bond acceptors (Lipinski definition) is 3. The van der Waals surface area contributed by atoms with Gasteiger partial charge in [0.2, 0.25) is 0 Å². The van der Waals surface area contributed by atoms with Crippen LogP contribution in [-0.2, 0) is 13.1 Å². The van der Waals surface area contributed by atoms with Crippen molar-refractivity contribution in [2.75, 3.05) is 31.5 Å². The SMILES string of the molecule is CC[C@@H](C)c1ccc(NC(=S)N2CCN(Cc3cnn(CC)c3C)CC2)cc1. The lowest BCUT2D eigenvalue weighted by Gasteiger charge is -2.36. The van der Waals surface area contributed by atoms with E-state index >= 15 is 0 Å². The first-order valence-electron chi connectivity index (χ1n) is 10.4. The van der Waals surface area contributed by atoms with Crippen molar-refractivity contribution >= 4 is 23.0 Å². The predicted octanol–water partition coefficient (Wildman–Crippen LogP) is 4.24. The third kappa shape index (κ3) is 4.92. The summed E-state index contributed by atoms with van der Waals surface area (Å²) in [4.78, 5) is 4.76. The smallest absolute Gasteiger partial charge is 0.173 e. The van der Waals surface area contributed by atoms with Crippen LogP contribution < -0.4 is 5.32 Å². The molecule has 1 saturated heterocycles. The number of aromatic nitrogens is 2. The third-order valence-electron chi connectivity index (χ3n) is 5.90. The molecule has 6 heteroatoms. The van der Waals surface area contributed by atoms with Crippen LogP contribution in [0.2, 0.25) is 0 Å². The molecule has 1 aromatic carbocycles. The number of nitrogens with zero attached hydrogens (tertiary/aromatic N) is 4. The van der Waals surface area contributed by atoms with Crippen LogP contribution in [0.5, 0.6) is 0 Å². The molecule has 152 valence electrons. The van der Waals surface area contributed by atoms with Crippen molar-refractivity contribution in [3.8, 4) is 0 Å². The van der Waals surface area contributed by atoms with Crippen molar-refractivity contribution < 1.29 is 0 Å². The molecular weight excluding hydrogens is 366 g/mol. The first kappa shape index (κ1) is 20.8. The van der Waals surface area contributed by atoms with Gasteiger partial charge in [0.05, 0.1) is 6.20 Å². The molecule has 2 aromatic rings. The lowest BCUT2D eigenvalue weighted by Crippen LogP contribution is -2.49. The van der Waals surface area contributed by atoms with Crippen molar-refractivity contribution in [3.63, 3.8) is 0 Å². The Balaban J connectivity index is 1.49. The zero-order valence-corrected chi connectivity index (χ0v) is 18.4. The maximum Gasteiger partial charge on any atom is 0.173 e. The summed E-state index contributed by atoms with van der Waals surface area (Å²) in [6.07, 6.45) is 3.18. The van der Waals surface area contributed by atoms with Crippen molar-refractivity contribution in [1.82, 2.24) is 19.6 Å². The molecule has 0 bridgehead atoms. The molecule has 3 rings (SSSR count). The van der Waals surface area contributed by atoms with Crippen molar-refractivity contribution in [2.45, 2.75) is 53.1 Å². The summed E-state index contributed by atoms with van der Waals surface area (Å²) in [5, 5.41) is 8.69. The first-order valence-corrected chi connectivity index (χ1v) is 10.8. The highest BCUT2D eigenvalue weighted by Crippen LogP contribution is 2.21. The second-order valence-corrected chi connectivity index (χ2v) is 8.08. The Morgan fingerprint density at radius 1 is 1.14 bits per heavy atom. The van der Waals surface area contributed by atoms with Crippen LogP contribution in [0.3, 0.4) is 0 Å². The lowest BCUT2D eigenvalue weighted by molar-refractivity contribution is 0.176. The summed E-state index contributed by atoms with van der Waals surface area (Å²) in [7, 11) is 0. The molecule has 5 nitrogen and oxygen atoms in total. The van der Waals surface area contributed by atoms with Gasteiger partial charge in [0.15, 0.2) is 5.11 Å². The molecule has 0 unspecified atom stereocenters. The van der Waals surface area contributed by atoms with Crippen LogP contribution in [0.1, 0.15) is 49.9 Å². The number of anilines is 1. The van der Waals surface area contributed by atoms with E-state index in [-0.39, 0.29) is 0 Å². The molecule has 28 heavy (non-hydrogen) atoms. The van der Waals surface area contributed by atoms with Crippen LogP contribution in [0.25, 0.3) is 0 Å². The average Bonchev–Trinajstić information content (AvgIpc) is 3.08. The van der Waals surface area contributed by atoms with Gasteiger partial charge < -0.3 is 10.2 Å². The molecule has 1 atom stereocenters. The summed E-state index contributed by atoms with van der Waals surface area (Å²) >= 11 is 5.65. The average molecular weight is 400 g/mol. The van der Waals surface area contributed by atoms with E-state index in [9.17, 15) is 0 Å². The number of rotatable bonds is 6. The normalized spacial score (nSPS) is 16.2. The van der Waals surface area contributed by atoms with E-state index in [2.05, 4.69) is 76.9 Å². The molecule has 1 fully saturated rings. The summed E-state index contributed by atoms with van der Waals surface area (Å²) in [6.45, 7) is 14.6. The number of thiocarbonyl (C=S) groups is 1. The van der Waals surface area contributed by atoms with Crippen molar-refractivity contribution in [3.05, 3.63) is 47.3 Å². The molecular formula is C22H33N5S. The van der Waals surface area contributed by atoms with E-state index in [0.29, 0.717) is 5.92 Å². The first-order chi connectivity index (χ1) is 13.5. The molecule has 0 aliphatic carbocycles. The molecule has 0 amide bonds. The van der Waals surface area contributed by atoms with Gasteiger partial charge >= 0.3 is 0 Å². The maximum atomic E-state index is 5.65. The van der Waals surface area contributed by atoms with Gasteiger partial charge in [0.25, 0.3) is 0 Å². The zero-order valence-electron chi connectivity index (χ0n) is 17.6. The van der Waals surface area contributed by atoms with Crippen molar-refractivity contribution in [2.24, 2.45) is 0 Å². The minimum Gasteiger partial charge on any atom is -0.346 e. The van der Waals surface area contributed by atoms with E-state index in [1.807, 2.05) is 6.20 Å². The molecule has 1 aliphatic heterocycles. The highest BCUT2D eigenvalue weighted by atomic mass is 32.1. The number of aryl methyl sites for hydroxylation is 1. The van der Waals surface area contributed by atoms with Gasteiger partial charge in [-0.05, 0) is 56.1 Å². The Kier molecular flexibility index (Phi) is 7.08. The number of piperazine rings is 1. The number of nitrogens with one attached hydrogen (secondary N) is 1. The Labute approximate surface area is 174 Å². The predicted molar refractivity (Wildman–Crippen MR) is 121 cm³/mol. The van der Waals surface area contributed by atoms with Gasteiger partial charge in [0, 0.05) is 56.2 Å². The summed E-state index contributed by atoms with van der Waals surface area (Å²) < 4.78 is 2.07. The molecule has 1 aliphatic rings. The molecule has 2 heterocycles. The number of benzene rings is 1. The van der Waals surface area contributed by atoms with Crippen LogP contribution in [0, 0.1) is 6.92 Å². The van der Waals surface area contributed by atoms with Crippen LogP contribution >= 0.6 is 12.2 Å². The molecule has 0 saturated carbocycles. The zero-order chi connectivity index (χ0) is 20.1. The lowest BCUT2D eigenvalue weighted by atomic mass is 9.99. The fraction of sp³-hybridized carbons (Fsp3) is 0.545. The Morgan fingerprint density at radius 2 is 1.82 bits per heavy atom. The van der Waals surface area contributed by atoms with Gasteiger partial charge in [0.1, 0.15) is 0 Å². The van der Waals surface area contributed by atoms with Gasteiger partial charge in [-0.25, -0.2) is 0 Å². The molecule has 0 spiro atoms. The summed E-state index contributed by atoms with van der Waals surface area (Å²) in [5.74, 6) is 0.599. The summed E-state index contributed by atoms with van der Waals surface area (Å²) in [5.41, 5.74) is 5.07. The molecule has 0 radical (unpaired) electrons. The van der Waals surface area contributed by atoms with Gasteiger partial charge in [-0.2, -0.15) is 5.10 Å². The second-order valence-electron chi connectivity index (χ2n) is 7.70. The largest absolute Gasteiger partial charge is 0.346 e. The fourth-order valence-corrected chi connectivity index (χ4v) is 3.94. The Bertz CT molecular complexity index is 775. The Morgan fingerprint density at radius 3 is 2.39 bits per heavy atom. The van der Waals surface area contributed by atoms with E-state index in [4.69, 9.17) is 12.2 Å². The highest BCUT2D eigenvalue weighted by Gasteiger charge is 2.20. The van der Waals surface area contributed by atoms with E-state index in [0.717, 1.165) is 56.5 Å². The van der Waals surface area contributed by atoms with E-state index < -0.39 is 0 Å². The summed E-state index contributed by atoms with van der Waals surface area (Å²) in [6, 6.07) is 8.68. The molecule has 1 N–H and O–H groups in total. The minimum atomic E-state index is 0.599. The van der Waals surface area contributed by atoms with Gasteiger partial charge in [-0.3, -0.25) is 9.58 Å². The topological polar surface area (TPSA) is 36.3 Å². The highest BCUT2D eigenvalue weighted by molar-refractivity contribution is 7.80. The van der Waals surface area contributed by atoms with E-state index in [1.54, 1.807) is 0 Å². The van der Waals surface area contributed by atoms with Gasteiger partial charge in [-0.1, -0.05) is 26.0 Å².